The highest BCUT2D eigenvalue weighted by molar-refractivity contribution is 5.24. The maximum absolute atomic E-state index is 9.75. The third kappa shape index (κ3) is 3.03. The molecule has 1 aromatic rings. The smallest absolute Gasteiger partial charge is 0.0827 e. The molecule has 0 aliphatic heterocycles. The van der Waals surface area contributed by atoms with Crippen molar-refractivity contribution in [1.29, 1.82) is 0 Å². The number of aryl methyl sites for hydroxylation is 1. The highest BCUT2D eigenvalue weighted by atomic mass is 16.3. The first kappa shape index (κ1) is 10.0. The molecule has 0 saturated heterocycles. The van der Waals surface area contributed by atoms with Gasteiger partial charge in [0.05, 0.1) is 6.10 Å². The minimum absolute atomic E-state index is 0.405. The van der Waals surface area contributed by atoms with Crippen molar-refractivity contribution in [2.75, 3.05) is 0 Å². The summed E-state index contributed by atoms with van der Waals surface area (Å²) in [5, 5.41) is 9.75. The molecule has 0 aromatic heterocycles. The van der Waals surface area contributed by atoms with Gasteiger partial charge >= 0.3 is 0 Å². The zero-order valence-corrected chi connectivity index (χ0v) is 8.25. The van der Waals surface area contributed by atoms with E-state index in [9.17, 15) is 5.11 Å². The number of rotatable bonds is 3. The van der Waals surface area contributed by atoms with Gasteiger partial charge in [-0.25, -0.2) is 0 Å². The van der Waals surface area contributed by atoms with Gasteiger partial charge < -0.3 is 5.11 Å². The second-order valence-electron chi connectivity index (χ2n) is 3.59. The maximum Gasteiger partial charge on any atom is 0.0827 e. The van der Waals surface area contributed by atoms with Crippen molar-refractivity contribution in [1.82, 2.24) is 0 Å². The molecule has 0 fully saturated rings. The summed E-state index contributed by atoms with van der Waals surface area (Å²) in [6.45, 7) is 7.74. The first-order valence-electron chi connectivity index (χ1n) is 4.48. The largest absolute Gasteiger partial charge is 0.388 e. The molecule has 1 heteroatoms. The van der Waals surface area contributed by atoms with Gasteiger partial charge in [-0.15, -0.1) is 6.58 Å². The molecule has 1 aromatic carbocycles. The lowest BCUT2D eigenvalue weighted by molar-refractivity contribution is 0.178. The standard InChI is InChI=1S/C12H16O/c1-9(2)7-12(13)11-6-4-5-10(3)8-11/h4-6,8,12-13H,1,7H2,2-3H3. The molecular weight excluding hydrogens is 160 g/mol. The van der Waals surface area contributed by atoms with Crippen molar-refractivity contribution in [3.05, 3.63) is 47.5 Å². The molecule has 1 N–H and O–H groups in total. The van der Waals surface area contributed by atoms with E-state index in [0.29, 0.717) is 6.42 Å². The number of aliphatic hydroxyl groups excluding tert-OH is 1. The minimum Gasteiger partial charge on any atom is -0.388 e. The van der Waals surface area contributed by atoms with Crippen LogP contribution in [-0.4, -0.2) is 5.11 Å². The molecule has 0 aliphatic rings. The summed E-state index contributed by atoms with van der Waals surface area (Å²) in [6.07, 6.45) is 0.237. The molecule has 0 aliphatic carbocycles. The average Bonchev–Trinajstić information content (AvgIpc) is 2.03. The van der Waals surface area contributed by atoms with Crippen molar-refractivity contribution < 1.29 is 5.11 Å². The van der Waals surface area contributed by atoms with Crippen LogP contribution in [0.1, 0.15) is 30.6 Å². The molecule has 1 nitrogen and oxygen atoms in total. The van der Waals surface area contributed by atoms with Gasteiger partial charge in [-0.2, -0.15) is 0 Å². The van der Waals surface area contributed by atoms with E-state index in [1.165, 1.54) is 5.56 Å². The SMILES string of the molecule is C=C(C)CC(O)c1cccc(C)c1. The first-order chi connectivity index (χ1) is 6.09. The number of hydrogen-bond acceptors (Lipinski definition) is 1. The quantitative estimate of drug-likeness (QED) is 0.702. The molecule has 1 unspecified atom stereocenters. The van der Waals surface area contributed by atoms with Crippen molar-refractivity contribution >= 4 is 0 Å². The fourth-order valence-electron chi connectivity index (χ4n) is 1.33. The van der Waals surface area contributed by atoms with Crippen LogP contribution in [0.3, 0.4) is 0 Å². The number of hydrogen-bond donors (Lipinski definition) is 1. The highest BCUT2D eigenvalue weighted by Gasteiger charge is 2.06. The van der Waals surface area contributed by atoms with Gasteiger partial charge in [-0.05, 0) is 25.8 Å². The van der Waals surface area contributed by atoms with E-state index in [-0.39, 0.29) is 0 Å². The molecular formula is C12H16O. The van der Waals surface area contributed by atoms with Crippen molar-refractivity contribution in [2.24, 2.45) is 0 Å². The van der Waals surface area contributed by atoms with E-state index in [0.717, 1.165) is 11.1 Å². The lowest BCUT2D eigenvalue weighted by Crippen LogP contribution is -1.97. The molecule has 1 atom stereocenters. The zero-order valence-electron chi connectivity index (χ0n) is 8.25. The predicted molar refractivity (Wildman–Crippen MR) is 55.6 cm³/mol. The van der Waals surface area contributed by atoms with Gasteiger partial charge in [0.2, 0.25) is 0 Å². The summed E-state index contributed by atoms with van der Waals surface area (Å²) in [5.74, 6) is 0. The summed E-state index contributed by atoms with van der Waals surface area (Å²) in [7, 11) is 0. The summed E-state index contributed by atoms with van der Waals surface area (Å²) >= 11 is 0. The second kappa shape index (κ2) is 4.24. The Hall–Kier alpha value is -1.08. The minimum atomic E-state index is -0.405. The Balaban J connectivity index is 2.76. The van der Waals surface area contributed by atoms with Gasteiger partial charge in [-0.3, -0.25) is 0 Å². The molecule has 0 bridgehead atoms. The Morgan fingerprint density at radius 1 is 1.54 bits per heavy atom. The molecule has 0 saturated carbocycles. The average molecular weight is 176 g/mol. The van der Waals surface area contributed by atoms with Crippen LogP contribution in [0.25, 0.3) is 0 Å². The predicted octanol–water partition coefficient (Wildman–Crippen LogP) is 2.99. The third-order valence-corrected chi connectivity index (χ3v) is 1.97. The number of aliphatic hydroxyl groups is 1. The van der Waals surface area contributed by atoms with Crippen molar-refractivity contribution in [3.8, 4) is 0 Å². The molecule has 13 heavy (non-hydrogen) atoms. The first-order valence-corrected chi connectivity index (χ1v) is 4.48. The van der Waals surface area contributed by atoms with Crippen molar-refractivity contribution in [2.45, 2.75) is 26.4 Å². The van der Waals surface area contributed by atoms with Crippen LogP contribution in [0.4, 0.5) is 0 Å². The lowest BCUT2D eigenvalue weighted by Gasteiger charge is -2.10. The van der Waals surface area contributed by atoms with Crippen LogP contribution in [0.5, 0.6) is 0 Å². The topological polar surface area (TPSA) is 20.2 Å². The molecule has 0 spiro atoms. The molecule has 1 rings (SSSR count). The van der Waals surface area contributed by atoms with Crippen LogP contribution in [0.15, 0.2) is 36.4 Å². The van der Waals surface area contributed by atoms with Gasteiger partial charge in [0.15, 0.2) is 0 Å². The van der Waals surface area contributed by atoms with Crippen LogP contribution in [0.2, 0.25) is 0 Å². The summed E-state index contributed by atoms with van der Waals surface area (Å²) in [4.78, 5) is 0. The van der Waals surface area contributed by atoms with Gasteiger partial charge in [0, 0.05) is 0 Å². The molecule has 0 heterocycles. The summed E-state index contributed by atoms with van der Waals surface area (Å²) in [5.41, 5.74) is 3.16. The molecule has 0 radical (unpaired) electrons. The molecule has 0 amide bonds. The third-order valence-electron chi connectivity index (χ3n) is 1.97. The van der Waals surface area contributed by atoms with Crippen molar-refractivity contribution in [3.63, 3.8) is 0 Å². The fraction of sp³-hybridized carbons (Fsp3) is 0.333. The molecule has 70 valence electrons. The Morgan fingerprint density at radius 3 is 2.77 bits per heavy atom. The Labute approximate surface area is 79.7 Å². The highest BCUT2D eigenvalue weighted by Crippen LogP contribution is 2.20. The second-order valence-corrected chi connectivity index (χ2v) is 3.59. The monoisotopic (exact) mass is 176 g/mol. The summed E-state index contributed by atoms with van der Waals surface area (Å²) < 4.78 is 0. The normalized spacial score (nSPS) is 12.5. The zero-order chi connectivity index (χ0) is 9.84. The fourth-order valence-corrected chi connectivity index (χ4v) is 1.33. The Morgan fingerprint density at radius 2 is 2.23 bits per heavy atom. The Bertz CT molecular complexity index is 302. The van der Waals surface area contributed by atoms with E-state index in [2.05, 4.69) is 6.58 Å². The van der Waals surface area contributed by atoms with E-state index in [1.54, 1.807) is 0 Å². The van der Waals surface area contributed by atoms with Gasteiger partial charge in [0.25, 0.3) is 0 Å². The maximum atomic E-state index is 9.75. The van der Waals surface area contributed by atoms with Crippen LogP contribution in [-0.2, 0) is 0 Å². The van der Waals surface area contributed by atoms with Crippen LogP contribution in [0, 0.1) is 6.92 Å². The number of benzene rings is 1. The van der Waals surface area contributed by atoms with E-state index < -0.39 is 6.10 Å². The van der Waals surface area contributed by atoms with Gasteiger partial charge in [-0.1, -0.05) is 35.4 Å². The Kier molecular flexibility index (Phi) is 3.26. The van der Waals surface area contributed by atoms with E-state index >= 15 is 0 Å². The lowest BCUT2D eigenvalue weighted by atomic mass is 10.0. The van der Waals surface area contributed by atoms with Gasteiger partial charge in [0.1, 0.15) is 0 Å². The van der Waals surface area contributed by atoms with Crippen LogP contribution < -0.4 is 0 Å². The van der Waals surface area contributed by atoms with Crippen LogP contribution >= 0.6 is 0 Å². The summed E-state index contributed by atoms with van der Waals surface area (Å²) in [6, 6.07) is 7.94. The van der Waals surface area contributed by atoms with E-state index in [1.807, 2.05) is 38.1 Å². The van der Waals surface area contributed by atoms with E-state index in [4.69, 9.17) is 0 Å².